The highest BCUT2D eigenvalue weighted by atomic mass is 16.7. The molecule has 1 aliphatic rings. The number of cyclic esters (lactones) is 2. The second kappa shape index (κ2) is 27.8. The van der Waals surface area contributed by atoms with Crippen molar-refractivity contribution in [3.63, 3.8) is 0 Å². The summed E-state index contributed by atoms with van der Waals surface area (Å²) in [7, 11) is 0. The fourth-order valence-electron chi connectivity index (χ4n) is 6.77. The summed E-state index contributed by atoms with van der Waals surface area (Å²) in [5, 5.41) is 31.1. The van der Waals surface area contributed by atoms with Crippen LogP contribution >= 0.6 is 0 Å². The maximum atomic E-state index is 13.8. The van der Waals surface area contributed by atoms with E-state index in [9.17, 15) is 34.5 Å². The maximum Gasteiger partial charge on any atom is 0.362 e. The lowest BCUT2D eigenvalue weighted by Crippen LogP contribution is -2.68. The minimum atomic E-state index is -2.85. The van der Waals surface area contributed by atoms with E-state index < -0.39 is 54.0 Å². The van der Waals surface area contributed by atoms with Crippen LogP contribution in [0.3, 0.4) is 0 Å². The Balaban J connectivity index is 2.59. The summed E-state index contributed by atoms with van der Waals surface area (Å²) in [6, 6.07) is 0. The number of hydrogen-bond donors (Lipinski definition) is 3. The van der Waals surface area contributed by atoms with Crippen LogP contribution in [0.5, 0.6) is 0 Å². The third-order valence-corrected chi connectivity index (χ3v) is 10.1. The van der Waals surface area contributed by atoms with Gasteiger partial charge in [-0.1, -0.05) is 174 Å². The Hall–Kier alpha value is -1.84. The van der Waals surface area contributed by atoms with E-state index in [1.54, 1.807) is 0 Å². The van der Waals surface area contributed by atoms with E-state index in [0.717, 1.165) is 44.9 Å². The molecule has 1 heterocycles. The molecule has 3 unspecified atom stereocenters. The number of aliphatic hydroxyl groups excluding tert-OH is 2. The van der Waals surface area contributed by atoms with Crippen LogP contribution in [0.2, 0.25) is 0 Å². The fourth-order valence-corrected chi connectivity index (χ4v) is 6.77. The van der Waals surface area contributed by atoms with Gasteiger partial charge < -0.3 is 24.8 Å². The molecule has 0 bridgehead atoms. The first kappa shape index (κ1) is 45.2. The van der Waals surface area contributed by atoms with E-state index in [4.69, 9.17) is 9.47 Å². The Bertz CT molecular complexity index is 906. The molecule has 1 aliphatic heterocycles. The average Bonchev–Trinajstić information content (AvgIpc) is 3.10. The molecule has 1 fully saturated rings. The Morgan fingerprint density at radius 2 is 0.980 bits per heavy atom. The first-order valence-corrected chi connectivity index (χ1v) is 20.2. The van der Waals surface area contributed by atoms with Crippen LogP contribution in [0.15, 0.2) is 0 Å². The van der Waals surface area contributed by atoms with E-state index in [1.807, 2.05) is 0 Å². The second-order valence-corrected chi connectivity index (χ2v) is 14.4. The van der Waals surface area contributed by atoms with Crippen LogP contribution < -0.4 is 0 Å². The van der Waals surface area contributed by atoms with E-state index in [0.29, 0.717) is 19.3 Å². The van der Waals surface area contributed by atoms with Crippen LogP contribution in [-0.2, 0) is 28.7 Å². The van der Waals surface area contributed by atoms with Crippen molar-refractivity contribution in [2.45, 2.75) is 217 Å². The summed E-state index contributed by atoms with van der Waals surface area (Å²) in [5.41, 5.74) is -5.46. The Morgan fingerprint density at radius 1 is 0.612 bits per heavy atom. The van der Waals surface area contributed by atoms with Gasteiger partial charge in [-0.25, -0.2) is 9.59 Å². The summed E-state index contributed by atoms with van der Waals surface area (Å²) >= 11 is 0. The normalized spacial score (nSPS) is 19.0. The van der Waals surface area contributed by atoms with Crippen LogP contribution in [0.1, 0.15) is 200 Å². The topological polar surface area (TPSA) is 147 Å². The number of aliphatic hydroxyl groups is 3. The highest BCUT2D eigenvalue weighted by molar-refractivity contribution is 6.22. The number of carbonyl (C=O) groups excluding carboxylic acids is 4. The van der Waals surface area contributed by atoms with Crippen LogP contribution in [-0.4, -0.2) is 69.3 Å². The average molecular weight is 697 g/mol. The molecule has 0 radical (unpaired) electrons. The summed E-state index contributed by atoms with van der Waals surface area (Å²) in [6.45, 7) is 2.32. The highest BCUT2D eigenvalue weighted by Crippen LogP contribution is 2.32. The molecular weight excluding hydrogens is 624 g/mol. The molecule has 9 nitrogen and oxygen atoms in total. The lowest BCUT2D eigenvalue weighted by atomic mass is 9.77. The van der Waals surface area contributed by atoms with Crippen molar-refractivity contribution in [1.82, 2.24) is 0 Å². The predicted molar refractivity (Wildman–Crippen MR) is 193 cm³/mol. The van der Waals surface area contributed by atoms with E-state index in [1.165, 1.54) is 109 Å². The van der Waals surface area contributed by atoms with Crippen LogP contribution in [0, 0.1) is 0 Å². The van der Waals surface area contributed by atoms with Crippen molar-refractivity contribution < 1.29 is 44.0 Å². The second-order valence-electron chi connectivity index (χ2n) is 14.4. The Morgan fingerprint density at radius 3 is 1.35 bits per heavy atom. The molecule has 0 aromatic heterocycles. The molecule has 0 spiro atoms. The molecule has 286 valence electrons. The van der Waals surface area contributed by atoms with Crippen LogP contribution in [0.25, 0.3) is 0 Å². The summed E-state index contributed by atoms with van der Waals surface area (Å²) in [5.74, 6) is -4.72. The van der Waals surface area contributed by atoms with Crippen molar-refractivity contribution in [1.29, 1.82) is 0 Å². The molecule has 0 aromatic rings. The van der Waals surface area contributed by atoms with Crippen LogP contribution in [0.4, 0.5) is 0 Å². The SMILES string of the molecule is CCCCCCCCCCCCCCCCC(O)(C(=O)CCCCCCCCCCCCCCC)C(=O)C1(CO)OC(=O)C(CO)OC1=O. The van der Waals surface area contributed by atoms with E-state index >= 15 is 0 Å². The van der Waals surface area contributed by atoms with E-state index in [-0.39, 0.29) is 12.8 Å². The minimum absolute atomic E-state index is 0.0671. The fraction of sp³-hybridized carbons (Fsp3) is 0.900. The van der Waals surface area contributed by atoms with Crippen molar-refractivity contribution in [2.75, 3.05) is 13.2 Å². The van der Waals surface area contributed by atoms with Gasteiger partial charge in [-0.15, -0.1) is 0 Å². The third-order valence-electron chi connectivity index (χ3n) is 10.1. The third kappa shape index (κ3) is 17.3. The molecule has 0 amide bonds. The van der Waals surface area contributed by atoms with Gasteiger partial charge in [-0.2, -0.15) is 0 Å². The molecule has 1 saturated heterocycles. The first-order chi connectivity index (χ1) is 23.7. The van der Waals surface area contributed by atoms with Crippen molar-refractivity contribution in [3.05, 3.63) is 0 Å². The summed E-state index contributed by atoms with van der Waals surface area (Å²) < 4.78 is 9.95. The zero-order chi connectivity index (χ0) is 36.2. The quantitative estimate of drug-likeness (QED) is 0.0343. The smallest absolute Gasteiger partial charge is 0.362 e. The zero-order valence-corrected chi connectivity index (χ0v) is 31.3. The number of rotatable bonds is 34. The number of carbonyl (C=O) groups is 4. The first-order valence-electron chi connectivity index (χ1n) is 20.2. The molecule has 0 aromatic carbocycles. The van der Waals surface area contributed by atoms with Gasteiger partial charge in [0.25, 0.3) is 5.60 Å². The standard InChI is InChI=1S/C40H72O9/c1-3-5-7-9-11-13-15-17-19-21-23-25-27-29-31-39(47,37(45)40(33-42)38(46)48-34(32-41)36(44)49-40)35(43)30-28-26-24-22-20-18-16-14-12-10-8-6-4-2/h34,41-42,47H,3-33H2,1-2H3. The number of esters is 2. The van der Waals surface area contributed by atoms with Crippen molar-refractivity contribution in [3.8, 4) is 0 Å². The molecule has 0 aliphatic carbocycles. The van der Waals surface area contributed by atoms with Gasteiger partial charge in [0, 0.05) is 6.42 Å². The highest BCUT2D eigenvalue weighted by Gasteiger charge is 2.63. The zero-order valence-electron chi connectivity index (χ0n) is 31.3. The van der Waals surface area contributed by atoms with Gasteiger partial charge in [0.2, 0.25) is 11.9 Å². The number of unbranched alkanes of at least 4 members (excludes halogenated alkanes) is 25. The largest absolute Gasteiger partial charge is 0.444 e. The van der Waals surface area contributed by atoms with Gasteiger partial charge in [-0.05, 0) is 19.3 Å². The predicted octanol–water partition coefficient (Wildman–Crippen LogP) is 8.40. The number of hydrogen-bond acceptors (Lipinski definition) is 9. The van der Waals surface area contributed by atoms with Gasteiger partial charge in [0.05, 0.1) is 6.61 Å². The Labute approximate surface area is 297 Å². The molecule has 49 heavy (non-hydrogen) atoms. The monoisotopic (exact) mass is 697 g/mol. The molecule has 1 rings (SSSR count). The van der Waals surface area contributed by atoms with Crippen molar-refractivity contribution >= 4 is 23.5 Å². The molecule has 0 saturated carbocycles. The summed E-state index contributed by atoms with van der Waals surface area (Å²) in [6.07, 6.45) is 28.3. The summed E-state index contributed by atoms with van der Waals surface area (Å²) in [4.78, 5) is 52.5. The van der Waals surface area contributed by atoms with Crippen molar-refractivity contribution in [2.24, 2.45) is 0 Å². The number of Topliss-reactive ketones (excluding diaryl/α,β-unsaturated/α-hetero) is 2. The minimum Gasteiger partial charge on any atom is -0.444 e. The molecule has 3 N–H and O–H groups in total. The van der Waals surface area contributed by atoms with Gasteiger partial charge in [-0.3, -0.25) is 9.59 Å². The number of ketones is 2. The lowest BCUT2D eigenvalue weighted by Gasteiger charge is -2.38. The molecular formula is C40H72O9. The molecule has 9 heteroatoms. The van der Waals surface area contributed by atoms with E-state index in [2.05, 4.69) is 13.8 Å². The molecule has 3 atom stereocenters. The number of ether oxygens (including phenoxy) is 2. The maximum absolute atomic E-state index is 13.8. The van der Waals surface area contributed by atoms with Gasteiger partial charge in [0.15, 0.2) is 11.4 Å². The van der Waals surface area contributed by atoms with Gasteiger partial charge in [0.1, 0.15) is 6.61 Å². The lowest BCUT2D eigenvalue weighted by molar-refractivity contribution is -0.221. The Kier molecular flexibility index (Phi) is 25.7. The van der Waals surface area contributed by atoms with Gasteiger partial charge >= 0.3 is 11.9 Å².